The number of anilines is 1. The number of aryl methyl sites for hydroxylation is 1. The molecule has 2 N–H and O–H groups in total. The van der Waals surface area contributed by atoms with E-state index in [0.29, 0.717) is 28.5 Å². The predicted octanol–water partition coefficient (Wildman–Crippen LogP) is 2.62. The smallest absolute Gasteiger partial charge is 0.277 e. The van der Waals surface area contributed by atoms with Crippen molar-refractivity contribution in [3.8, 4) is 11.8 Å². The van der Waals surface area contributed by atoms with E-state index in [0.717, 1.165) is 0 Å². The van der Waals surface area contributed by atoms with Crippen LogP contribution in [-0.2, 0) is 0 Å². The van der Waals surface area contributed by atoms with Crippen LogP contribution in [0.5, 0.6) is 0 Å². The molecule has 1 aromatic heterocycles. The fourth-order valence-corrected chi connectivity index (χ4v) is 1.74. The number of hydrogen-bond acceptors (Lipinski definition) is 4. The van der Waals surface area contributed by atoms with E-state index >= 15 is 0 Å². The number of carbonyl (C=O) groups is 1. The Labute approximate surface area is 126 Å². The van der Waals surface area contributed by atoms with Crippen LogP contribution in [-0.4, -0.2) is 22.8 Å². The molecule has 1 amide bonds. The molecule has 0 saturated heterocycles. The van der Waals surface area contributed by atoms with Gasteiger partial charge < -0.3 is 14.9 Å². The Morgan fingerprint density at radius 1 is 1.48 bits per heavy atom. The molecule has 0 aliphatic heterocycles. The zero-order valence-electron chi connectivity index (χ0n) is 11.3. The SMILES string of the molecule is Cc1cc(C(=O)Nc2cc(C#CCCO)ccc2Cl)no1. The van der Waals surface area contributed by atoms with E-state index in [9.17, 15) is 4.79 Å². The molecule has 1 heterocycles. The summed E-state index contributed by atoms with van der Waals surface area (Å²) < 4.78 is 4.85. The average Bonchev–Trinajstić information content (AvgIpc) is 2.89. The first-order valence-electron chi connectivity index (χ1n) is 6.24. The third-order valence-electron chi connectivity index (χ3n) is 2.54. The first-order valence-corrected chi connectivity index (χ1v) is 6.62. The highest BCUT2D eigenvalue weighted by atomic mass is 35.5. The van der Waals surface area contributed by atoms with Crippen molar-refractivity contribution in [1.82, 2.24) is 5.16 Å². The van der Waals surface area contributed by atoms with Gasteiger partial charge in [0.05, 0.1) is 17.3 Å². The molecule has 1 aromatic carbocycles. The number of aromatic nitrogens is 1. The molecule has 0 radical (unpaired) electrons. The Morgan fingerprint density at radius 2 is 2.29 bits per heavy atom. The van der Waals surface area contributed by atoms with E-state index in [2.05, 4.69) is 22.3 Å². The van der Waals surface area contributed by atoms with Gasteiger partial charge in [-0.25, -0.2) is 0 Å². The minimum Gasteiger partial charge on any atom is -0.395 e. The summed E-state index contributed by atoms with van der Waals surface area (Å²) in [5.41, 5.74) is 1.32. The van der Waals surface area contributed by atoms with Gasteiger partial charge in [0, 0.05) is 18.1 Å². The molecule has 0 saturated carbocycles. The van der Waals surface area contributed by atoms with Crippen molar-refractivity contribution in [3.63, 3.8) is 0 Å². The summed E-state index contributed by atoms with van der Waals surface area (Å²) >= 11 is 6.05. The molecule has 0 unspecified atom stereocenters. The van der Waals surface area contributed by atoms with Gasteiger partial charge in [-0.3, -0.25) is 4.79 Å². The molecule has 2 rings (SSSR count). The van der Waals surface area contributed by atoms with E-state index in [1.165, 1.54) is 6.07 Å². The van der Waals surface area contributed by atoms with Gasteiger partial charge in [0.2, 0.25) is 0 Å². The maximum Gasteiger partial charge on any atom is 0.277 e. The van der Waals surface area contributed by atoms with Gasteiger partial charge in [0.1, 0.15) is 5.76 Å². The van der Waals surface area contributed by atoms with Crippen LogP contribution in [0.1, 0.15) is 28.2 Å². The van der Waals surface area contributed by atoms with Crippen molar-refractivity contribution in [2.24, 2.45) is 0 Å². The van der Waals surface area contributed by atoms with Gasteiger partial charge in [-0.05, 0) is 25.1 Å². The van der Waals surface area contributed by atoms with Crippen molar-refractivity contribution < 1.29 is 14.4 Å². The third kappa shape index (κ3) is 4.09. The molecular formula is C15H13ClN2O3. The van der Waals surface area contributed by atoms with Crippen molar-refractivity contribution >= 4 is 23.2 Å². The normalized spacial score (nSPS) is 9.86. The van der Waals surface area contributed by atoms with Crippen LogP contribution in [0.25, 0.3) is 0 Å². The molecule has 108 valence electrons. The van der Waals surface area contributed by atoms with E-state index in [4.69, 9.17) is 21.2 Å². The fourth-order valence-electron chi connectivity index (χ4n) is 1.58. The second-order valence-electron chi connectivity index (χ2n) is 4.25. The van der Waals surface area contributed by atoms with E-state index in [1.807, 2.05) is 0 Å². The molecule has 0 atom stereocenters. The standard InChI is InChI=1S/C15H13ClN2O3/c1-10-8-14(18-21-10)15(20)17-13-9-11(4-2-3-7-19)5-6-12(13)16/h5-6,8-9,19H,3,7H2,1H3,(H,17,20). The van der Waals surface area contributed by atoms with E-state index in [1.54, 1.807) is 25.1 Å². The summed E-state index contributed by atoms with van der Waals surface area (Å²) in [7, 11) is 0. The molecule has 0 aliphatic carbocycles. The number of aliphatic hydroxyl groups excluding tert-OH is 1. The second kappa shape index (κ2) is 6.93. The number of carbonyl (C=O) groups excluding carboxylic acids is 1. The molecule has 2 aromatic rings. The van der Waals surface area contributed by atoms with Gasteiger partial charge in [-0.15, -0.1) is 0 Å². The number of hydrogen-bond donors (Lipinski definition) is 2. The Kier molecular flexibility index (Phi) is 4.99. The highest BCUT2D eigenvalue weighted by Crippen LogP contribution is 2.23. The number of nitrogens with zero attached hydrogens (tertiary/aromatic N) is 1. The lowest BCUT2D eigenvalue weighted by molar-refractivity contribution is 0.101. The topological polar surface area (TPSA) is 75.4 Å². The Morgan fingerprint density at radius 3 is 2.95 bits per heavy atom. The lowest BCUT2D eigenvalue weighted by atomic mass is 10.2. The largest absolute Gasteiger partial charge is 0.395 e. The average molecular weight is 305 g/mol. The number of nitrogens with one attached hydrogen (secondary N) is 1. The molecular weight excluding hydrogens is 292 g/mol. The van der Waals surface area contributed by atoms with Crippen molar-refractivity contribution in [1.29, 1.82) is 0 Å². The van der Waals surface area contributed by atoms with Crippen LogP contribution < -0.4 is 5.32 Å². The van der Waals surface area contributed by atoms with Crippen LogP contribution >= 0.6 is 11.6 Å². The number of rotatable bonds is 3. The van der Waals surface area contributed by atoms with Crippen LogP contribution in [0, 0.1) is 18.8 Å². The van der Waals surface area contributed by atoms with Crippen LogP contribution in [0.15, 0.2) is 28.8 Å². The van der Waals surface area contributed by atoms with Crippen LogP contribution in [0.4, 0.5) is 5.69 Å². The zero-order chi connectivity index (χ0) is 15.2. The van der Waals surface area contributed by atoms with Gasteiger partial charge in [0.15, 0.2) is 5.69 Å². The minimum absolute atomic E-state index is 0.00962. The molecule has 0 fully saturated rings. The Balaban J connectivity index is 2.17. The molecule has 21 heavy (non-hydrogen) atoms. The lowest BCUT2D eigenvalue weighted by Gasteiger charge is -2.05. The van der Waals surface area contributed by atoms with E-state index in [-0.39, 0.29) is 12.3 Å². The first-order chi connectivity index (χ1) is 10.1. The van der Waals surface area contributed by atoms with Crippen molar-refractivity contribution in [2.45, 2.75) is 13.3 Å². The van der Waals surface area contributed by atoms with Crippen LogP contribution in [0.3, 0.4) is 0 Å². The zero-order valence-corrected chi connectivity index (χ0v) is 12.1. The molecule has 5 nitrogen and oxygen atoms in total. The lowest BCUT2D eigenvalue weighted by Crippen LogP contribution is -2.12. The van der Waals surface area contributed by atoms with Gasteiger partial charge in [0.25, 0.3) is 5.91 Å². The van der Waals surface area contributed by atoms with Gasteiger partial charge in [-0.1, -0.05) is 28.6 Å². The highest BCUT2D eigenvalue weighted by Gasteiger charge is 2.12. The maximum absolute atomic E-state index is 12.0. The molecule has 6 heteroatoms. The van der Waals surface area contributed by atoms with Crippen molar-refractivity contribution in [3.05, 3.63) is 46.3 Å². The van der Waals surface area contributed by atoms with Gasteiger partial charge >= 0.3 is 0 Å². The number of aliphatic hydroxyl groups is 1. The maximum atomic E-state index is 12.0. The molecule has 0 aliphatic rings. The van der Waals surface area contributed by atoms with E-state index < -0.39 is 5.91 Å². The summed E-state index contributed by atoms with van der Waals surface area (Å²) in [6, 6.07) is 6.59. The third-order valence-corrected chi connectivity index (χ3v) is 2.87. The molecule has 0 bridgehead atoms. The summed E-state index contributed by atoms with van der Waals surface area (Å²) in [4.78, 5) is 12.0. The predicted molar refractivity (Wildman–Crippen MR) is 79.2 cm³/mol. The monoisotopic (exact) mass is 304 g/mol. The van der Waals surface area contributed by atoms with Crippen molar-refractivity contribution in [2.75, 3.05) is 11.9 Å². The summed E-state index contributed by atoms with van der Waals surface area (Å²) in [5.74, 6) is 5.82. The Bertz CT molecular complexity index is 713. The highest BCUT2D eigenvalue weighted by molar-refractivity contribution is 6.34. The number of amides is 1. The van der Waals surface area contributed by atoms with Crippen LogP contribution in [0.2, 0.25) is 5.02 Å². The Hall–Kier alpha value is -2.29. The van der Waals surface area contributed by atoms with Gasteiger partial charge in [-0.2, -0.15) is 0 Å². The first kappa shape index (κ1) is 15.1. The second-order valence-corrected chi connectivity index (χ2v) is 4.65. The number of benzene rings is 1. The minimum atomic E-state index is -0.408. The quantitative estimate of drug-likeness (QED) is 0.855. The molecule has 0 spiro atoms. The summed E-state index contributed by atoms with van der Waals surface area (Å²) in [6.45, 7) is 1.71. The fraction of sp³-hybridized carbons (Fsp3) is 0.200. The summed E-state index contributed by atoms with van der Waals surface area (Å²) in [5, 5.41) is 15.4. The number of halogens is 1. The summed E-state index contributed by atoms with van der Waals surface area (Å²) in [6.07, 6.45) is 0.391.